The van der Waals surface area contributed by atoms with Crippen LogP contribution >= 0.6 is 0 Å². The summed E-state index contributed by atoms with van der Waals surface area (Å²) in [6, 6.07) is 6.62. The maximum atomic E-state index is 6.36. The number of para-hydroxylation sites is 1. The highest BCUT2D eigenvalue weighted by Gasteiger charge is 2.19. The minimum Gasteiger partial charge on any atom is -0.358 e. The molecular weight excluding hydrogens is 220 g/mol. The number of fused-ring (bicyclic) bond motifs is 1. The standard InChI is InChI=1S/C16H24N2/c1-9(2)12-7-6-8-13-14(15(17)10(3)4)11(5)18-16(12)13/h6-10,15,18H,17H2,1-5H3. The Labute approximate surface area is 110 Å². The number of nitrogens with two attached hydrogens (primary N) is 1. The fourth-order valence-electron chi connectivity index (χ4n) is 2.63. The van der Waals surface area contributed by atoms with E-state index in [0.717, 1.165) is 0 Å². The normalized spacial score (nSPS) is 13.8. The van der Waals surface area contributed by atoms with Gasteiger partial charge in [0.05, 0.1) is 0 Å². The molecule has 1 aromatic heterocycles. The van der Waals surface area contributed by atoms with Crippen LogP contribution in [0.5, 0.6) is 0 Å². The molecule has 18 heavy (non-hydrogen) atoms. The van der Waals surface area contributed by atoms with E-state index < -0.39 is 0 Å². The summed E-state index contributed by atoms with van der Waals surface area (Å²) in [6.07, 6.45) is 0. The monoisotopic (exact) mass is 244 g/mol. The molecular formula is C16H24N2. The van der Waals surface area contributed by atoms with E-state index in [-0.39, 0.29) is 6.04 Å². The Balaban J connectivity index is 2.69. The summed E-state index contributed by atoms with van der Waals surface area (Å²) in [7, 11) is 0. The number of H-pyrrole nitrogens is 1. The van der Waals surface area contributed by atoms with Crippen molar-refractivity contribution in [1.29, 1.82) is 0 Å². The number of benzene rings is 1. The molecule has 98 valence electrons. The third-order valence-corrected chi connectivity index (χ3v) is 3.78. The molecule has 0 aliphatic heterocycles. The van der Waals surface area contributed by atoms with Crippen molar-refractivity contribution in [2.45, 2.75) is 46.6 Å². The number of nitrogens with one attached hydrogen (secondary N) is 1. The zero-order chi connectivity index (χ0) is 13.4. The van der Waals surface area contributed by atoms with E-state index in [0.29, 0.717) is 11.8 Å². The molecule has 0 amide bonds. The summed E-state index contributed by atoms with van der Waals surface area (Å²) in [5.41, 5.74) is 11.5. The van der Waals surface area contributed by atoms with Crippen LogP contribution in [0, 0.1) is 12.8 Å². The second-order valence-electron chi connectivity index (χ2n) is 5.86. The topological polar surface area (TPSA) is 41.8 Å². The lowest BCUT2D eigenvalue weighted by molar-refractivity contribution is 0.515. The summed E-state index contributed by atoms with van der Waals surface area (Å²) in [4.78, 5) is 3.53. The molecule has 0 bridgehead atoms. The second kappa shape index (κ2) is 4.77. The van der Waals surface area contributed by atoms with Gasteiger partial charge in [-0.05, 0) is 29.9 Å². The molecule has 0 aliphatic carbocycles. The van der Waals surface area contributed by atoms with E-state index in [2.05, 4.69) is 57.8 Å². The van der Waals surface area contributed by atoms with Crippen LogP contribution in [0.3, 0.4) is 0 Å². The first-order chi connectivity index (χ1) is 8.43. The zero-order valence-electron chi connectivity index (χ0n) is 12.0. The molecule has 1 atom stereocenters. The first-order valence-corrected chi connectivity index (χ1v) is 6.80. The largest absolute Gasteiger partial charge is 0.358 e. The minimum atomic E-state index is 0.0983. The van der Waals surface area contributed by atoms with Gasteiger partial charge in [0.25, 0.3) is 0 Å². The van der Waals surface area contributed by atoms with Crippen molar-refractivity contribution in [3.63, 3.8) is 0 Å². The predicted molar refractivity (Wildman–Crippen MR) is 78.9 cm³/mol. The van der Waals surface area contributed by atoms with Gasteiger partial charge in [-0.25, -0.2) is 0 Å². The molecule has 2 nitrogen and oxygen atoms in total. The van der Waals surface area contributed by atoms with Crippen molar-refractivity contribution in [1.82, 2.24) is 4.98 Å². The highest BCUT2D eigenvalue weighted by atomic mass is 14.8. The van der Waals surface area contributed by atoms with Crippen LogP contribution < -0.4 is 5.73 Å². The molecule has 2 rings (SSSR count). The van der Waals surface area contributed by atoms with Gasteiger partial charge in [-0.2, -0.15) is 0 Å². The van der Waals surface area contributed by atoms with E-state index >= 15 is 0 Å². The summed E-state index contributed by atoms with van der Waals surface area (Å²) in [5.74, 6) is 0.972. The Morgan fingerprint density at radius 3 is 2.33 bits per heavy atom. The summed E-state index contributed by atoms with van der Waals surface area (Å²) >= 11 is 0. The van der Waals surface area contributed by atoms with Crippen LogP contribution in [0.25, 0.3) is 10.9 Å². The Kier molecular flexibility index (Phi) is 3.49. The lowest BCUT2D eigenvalue weighted by Gasteiger charge is -2.16. The van der Waals surface area contributed by atoms with Crippen LogP contribution in [0.15, 0.2) is 18.2 Å². The molecule has 2 aromatic rings. The van der Waals surface area contributed by atoms with Gasteiger partial charge in [0.15, 0.2) is 0 Å². The molecule has 1 unspecified atom stereocenters. The smallest absolute Gasteiger partial charge is 0.0494 e. The Morgan fingerprint density at radius 1 is 1.11 bits per heavy atom. The van der Waals surface area contributed by atoms with Gasteiger partial charge in [0.1, 0.15) is 0 Å². The number of hydrogen-bond donors (Lipinski definition) is 2. The van der Waals surface area contributed by atoms with Crippen molar-refractivity contribution in [3.05, 3.63) is 35.0 Å². The maximum absolute atomic E-state index is 6.36. The quantitative estimate of drug-likeness (QED) is 0.832. The van der Waals surface area contributed by atoms with Gasteiger partial charge in [-0.3, -0.25) is 0 Å². The van der Waals surface area contributed by atoms with E-state index in [4.69, 9.17) is 5.73 Å². The number of rotatable bonds is 3. The summed E-state index contributed by atoms with van der Waals surface area (Å²) in [5, 5.41) is 1.29. The number of aromatic amines is 1. The Morgan fingerprint density at radius 2 is 1.78 bits per heavy atom. The first kappa shape index (κ1) is 13.2. The third kappa shape index (κ3) is 2.05. The molecule has 0 aliphatic rings. The van der Waals surface area contributed by atoms with Crippen LogP contribution in [0.4, 0.5) is 0 Å². The number of aryl methyl sites for hydroxylation is 1. The second-order valence-corrected chi connectivity index (χ2v) is 5.86. The van der Waals surface area contributed by atoms with Crippen LogP contribution in [-0.2, 0) is 0 Å². The Bertz CT molecular complexity index is 549. The van der Waals surface area contributed by atoms with Gasteiger partial charge in [-0.15, -0.1) is 0 Å². The third-order valence-electron chi connectivity index (χ3n) is 3.78. The van der Waals surface area contributed by atoms with Gasteiger partial charge in [-0.1, -0.05) is 45.9 Å². The van der Waals surface area contributed by atoms with Crippen molar-refractivity contribution in [3.8, 4) is 0 Å². The first-order valence-electron chi connectivity index (χ1n) is 6.80. The molecule has 1 aromatic carbocycles. The molecule has 2 heteroatoms. The zero-order valence-corrected chi connectivity index (χ0v) is 12.0. The molecule has 0 saturated heterocycles. The average molecular weight is 244 g/mol. The van der Waals surface area contributed by atoms with Gasteiger partial charge in [0.2, 0.25) is 0 Å². The van der Waals surface area contributed by atoms with E-state index in [9.17, 15) is 0 Å². The number of hydrogen-bond acceptors (Lipinski definition) is 1. The van der Waals surface area contributed by atoms with Crippen molar-refractivity contribution in [2.24, 2.45) is 11.7 Å². The molecule has 0 saturated carbocycles. The summed E-state index contributed by atoms with van der Waals surface area (Å²) in [6.45, 7) is 10.9. The van der Waals surface area contributed by atoms with E-state index in [1.165, 1.54) is 27.7 Å². The van der Waals surface area contributed by atoms with Crippen LogP contribution in [0.2, 0.25) is 0 Å². The van der Waals surface area contributed by atoms with Crippen molar-refractivity contribution < 1.29 is 0 Å². The number of aromatic nitrogens is 1. The SMILES string of the molecule is Cc1[nH]c2c(C(C)C)cccc2c1C(N)C(C)C. The molecule has 0 fully saturated rings. The fraction of sp³-hybridized carbons (Fsp3) is 0.500. The molecule has 3 N–H and O–H groups in total. The fourth-order valence-corrected chi connectivity index (χ4v) is 2.63. The van der Waals surface area contributed by atoms with Gasteiger partial charge in [0, 0.05) is 22.6 Å². The molecule has 0 spiro atoms. The van der Waals surface area contributed by atoms with Crippen LogP contribution in [0.1, 0.15) is 56.5 Å². The predicted octanol–water partition coefficient (Wildman–Crippen LogP) is 4.26. The lowest BCUT2D eigenvalue weighted by Crippen LogP contribution is -2.17. The van der Waals surface area contributed by atoms with Crippen molar-refractivity contribution >= 4 is 10.9 Å². The lowest BCUT2D eigenvalue weighted by atomic mass is 9.93. The van der Waals surface area contributed by atoms with Gasteiger partial charge >= 0.3 is 0 Å². The maximum Gasteiger partial charge on any atom is 0.0494 e. The van der Waals surface area contributed by atoms with Gasteiger partial charge < -0.3 is 10.7 Å². The summed E-state index contributed by atoms with van der Waals surface area (Å²) < 4.78 is 0. The molecule has 1 heterocycles. The Hall–Kier alpha value is -1.28. The molecule has 0 radical (unpaired) electrons. The van der Waals surface area contributed by atoms with E-state index in [1.54, 1.807) is 0 Å². The van der Waals surface area contributed by atoms with Crippen molar-refractivity contribution in [2.75, 3.05) is 0 Å². The average Bonchev–Trinajstić information content (AvgIpc) is 2.63. The van der Waals surface area contributed by atoms with E-state index in [1.807, 2.05) is 0 Å². The highest BCUT2D eigenvalue weighted by molar-refractivity contribution is 5.88. The highest BCUT2D eigenvalue weighted by Crippen LogP contribution is 2.33. The van der Waals surface area contributed by atoms with Crippen LogP contribution in [-0.4, -0.2) is 4.98 Å². The minimum absolute atomic E-state index is 0.0983.